The Morgan fingerprint density at radius 2 is 2.22 bits per heavy atom. The Bertz CT molecular complexity index is 118. The summed E-state index contributed by atoms with van der Waals surface area (Å²) in [5.74, 6) is 0. The molecule has 1 aliphatic heterocycles. The Morgan fingerprint density at radius 1 is 1.44 bits per heavy atom. The molecular formula is C7H13N2. The normalized spacial score (nSPS) is 39.0. The zero-order chi connectivity index (χ0) is 6.32. The fraction of sp³-hybridized carbons (Fsp3) is 1.00. The van der Waals surface area contributed by atoms with Crippen LogP contribution in [-0.2, 0) is 0 Å². The molecule has 1 heterocycles. The molecule has 1 aliphatic carbocycles. The fourth-order valence-corrected chi connectivity index (χ4v) is 1.90. The van der Waals surface area contributed by atoms with Gasteiger partial charge in [-0.05, 0) is 12.8 Å². The van der Waals surface area contributed by atoms with Gasteiger partial charge in [-0.15, -0.1) is 0 Å². The van der Waals surface area contributed by atoms with Crippen molar-refractivity contribution < 1.29 is 0 Å². The first-order chi connectivity index (χ1) is 4.33. The first kappa shape index (κ1) is 5.69. The Morgan fingerprint density at radius 3 is 2.44 bits per heavy atom. The van der Waals surface area contributed by atoms with E-state index in [1.807, 2.05) is 0 Å². The van der Waals surface area contributed by atoms with Gasteiger partial charge in [-0.25, -0.2) is 5.32 Å². The van der Waals surface area contributed by atoms with Crippen molar-refractivity contribution in [3.8, 4) is 0 Å². The van der Waals surface area contributed by atoms with Gasteiger partial charge < -0.3 is 5.73 Å². The summed E-state index contributed by atoms with van der Waals surface area (Å²) in [7, 11) is 0. The molecule has 0 aromatic rings. The van der Waals surface area contributed by atoms with E-state index >= 15 is 0 Å². The minimum atomic E-state index is 0.395. The van der Waals surface area contributed by atoms with Crippen LogP contribution in [0, 0.1) is 5.41 Å². The highest BCUT2D eigenvalue weighted by Crippen LogP contribution is 2.44. The fourth-order valence-electron chi connectivity index (χ4n) is 1.90. The van der Waals surface area contributed by atoms with Gasteiger partial charge >= 0.3 is 0 Å². The average molecular weight is 125 g/mol. The van der Waals surface area contributed by atoms with E-state index < -0.39 is 0 Å². The molecular weight excluding hydrogens is 112 g/mol. The van der Waals surface area contributed by atoms with Gasteiger partial charge in [0, 0.05) is 24.5 Å². The van der Waals surface area contributed by atoms with Gasteiger partial charge in [-0.2, -0.15) is 0 Å². The van der Waals surface area contributed by atoms with E-state index in [-0.39, 0.29) is 0 Å². The monoisotopic (exact) mass is 125 g/mol. The first-order valence-corrected chi connectivity index (χ1v) is 3.72. The number of hydrogen-bond donors (Lipinski definition) is 1. The smallest absolute Gasteiger partial charge is 0.0291 e. The van der Waals surface area contributed by atoms with Crippen molar-refractivity contribution in [3.05, 3.63) is 0 Å². The van der Waals surface area contributed by atoms with Crippen molar-refractivity contribution in [3.63, 3.8) is 0 Å². The molecule has 2 fully saturated rings. The van der Waals surface area contributed by atoms with Crippen molar-refractivity contribution in [1.29, 1.82) is 0 Å². The quantitative estimate of drug-likeness (QED) is 0.490. The predicted octanol–water partition coefficient (Wildman–Crippen LogP) is 0.102. The van der Waals surface area contributed by atoms with Crippen molar-refractivity contribution in [2.24, 2.45) is 11.1 Å². The number of nitrogens with two attached hydrogens (primary N) is 1. The molecule has 0 bridgehead atoms. The van der Waals surface area contributed by atoms with E-state index in [1.165, 1.54) is 19.3 Å². The van der Waals surface area contributed by atoms with Crippen LogP contribution in [0.2, 0.25) is 0 Å². The number of nitrogens with zero attached hydrogens (tertiary/aromatic N) is 1. The summed E-state index contributed by atoms with van der Waals surface area (Å²) < 4.78 is 0. The molecule has 2 heteroatoms. The van der Waals surface area contributed by atoms with Crippen LogP contribution in [0.5, 0.6) is 0 Å². The van der Waals surface area contributed by atoms with Crippen LogP contribution in [0.3, 0.4) is 0 Å². The van der Waals surface area contributed by atoms with Crippen LogP contribution >= 0.6 is 0 Å². The highest BCUT2D eigenvalue weighted by Gasteiger charge is 2.45. The molecule has 51 valence electrons. The number of hydrogen-bond acceptors (Lipinski definition) is 1. The predicted molar refractivity (Wildman–Crippen MR) is 36.1 cm³/mol. The Hall–Kier alpha value is -0.0800. The third-order valence-electron chi connectivity index (χ3n) is 2.89. The molecule has 2 nitrogen and oxygen atoms in total. The second-order valence-electron chi connectivity index (χ2n) is 3.39. The summed E-state index contributed by atoms with van der Waals surface area (Å²) >= 11 is 0. The van der Waals surface area contributed by atoms with Gasteiger partial charge in [0.05, 0.1) is 0 Å². The molecule has 1 spiro atoms. The summed E-state index contributed by atoms with van der Waals surface area (Å²) in [6, 6.07) is 0.395. The number of rotatable bonds is 0. The van der Waals surface area contributed by atoms with Crippen LogP contribution in [0.4, 0.5) is 0 Å². The third kappa shape index (κ3) is 0.634. The van der Waals surface area contributed by atoms with Gasteiger partial charge in [0.1, 0.15) is 0 Å². The maximum Gasteiger partial charge on any atom is 0.0291 e. The Balaban J connectivity index is 2.09. The van der Waals surface area contributed by atoms with Gasteiger partial charge in [0.15, 0.2) is 0 Å². The molecule has 0 amide bonds. The summed E-state index contributed by atoms with van der Waals surface area (Å²) in [6.07, 6.45) is 4.04. The van der Waals surface area contributed by atoms with E-state index in [9.17, 15) is 0 Å². The van der Waals surface area contributed by atoms with Crippen LogP contribution in [0.1, 0.15) is 19.3 Å². The van der Waals surface area contributed by atoms with Crippen molar-refractivity contribution in [2.45, 2.75) is 25.3 Å². The zero-order valence-electron chi connectivity index (χ0n) is 5.64. The Labute approximate surface area is 55.8 Å². The van der Waals surface area contributed by atoms with E-state index in [0.717, 1.165) is 13.1 Å². The summed E-state index contributed by atoms with van der Waals surface area (Å²) in [5, 5.41) is 4.31. The minimum absolute atomic E-state index is 0.395. The van der Waals surface area contributed by atoms with E-state index in [2.05, 4.69) is 5.32 Å². The lowest BCUT2D eigenvalue weighted by atomic mass is 9.66. The van der Waals surface area contributed by atoms with Crippen molar-refractivity contribution in [2.75, 3.05) is 13.1 Å². The molecule has 1 unspecified atom stereocenters. The lowest BCUT2D eigenvalue weighted by Gasteiger charge is -2.40. The summed E-state index contributed by atoms with van der Waals surface area (Å²) in [5.41, 5.74) is 6.37. The molecule has 1 saturated carbocycles. The van der Waals surface area contributed by atoms with E-state index in [0.29, 0.717) is 11.5 Å². The van der Waals surface area contributed by atoms with E-state index in [1.54, 1.807) is 0 Å². The molecule has 2 aliphatic rings. The van der Waals surface area contributed by atoms with Crippen molar-refractivity contribution >= 4 is 0 Å². The lowest BCUT2D eigenvalue weighted by Crippen LogP contribution is -2.45. The Kier molecular flexibility index (Phi) is 1.08. The molecule has 2 rings (SSSR count). The third-order valence-corrected chi connectivity index (χ3v) is 2.89. The van der Waals surface area contributed by atoms with Gasteiger partial charge in [-0.1, -0.05) is 6.42 Å². The SMILES string of the molecule is NC1C[N]CC12CCC2. The molecule has 2 N–H and O–H groups in total. The summed E-state index contributed by atoms with van der Waals surface area (Å²) in [4.78, 5) is 0. The largest absolute Gasteiger partial charge is 0.326 e. The van der Waals surface area contributed by atoms with Gasteiger partial charge in [-0.3, -0.25) is 0 Å². The average Bonchev–Trinajstić information content (AvgIpc) is 2.07. The topological polar surface area (TPSA) is 40.1 Å². The standard InChI is InChI=1S/C7H13N2/c8-6-4-9-5-7(6)2-1-3-7/h6H,1-5,8H2. The highest BCUT2D eigenvalue weighted by atomic mass is 15.0. The van der Waals surface area contributed by atoms with Gasteiger partial charge in [0.25, 0.3) is 0 Å². The van der Waals surface area contributed by atoms with Gasteiger partial charge in [0.2, 0.25) is 0 Å². The maximum absolute atomic E-state index is 5.88. The molecule has 0 aromatic heterocycles. The first-order valence-electron chi connectivity index (χ1n) is 3.72. The second kappa shape index (κ2) is 1.70. The van der Waals surface area contributed by atoms with Crippen molar-refractivity contribution in [1.82, 2.24) is 5.32 Å². The second-order valence-corrected chi connectivity index (χ2v) is 3.39. The highest BCUT2D eigenvalue weighted by molar-refractivity contribution is 5.02. The van der Waals surface area contributed by atoms with Crippen LogP contribution in [0.15, 0.2) is 0 Å². The maximum atomic E-state index is 5.88. The molecule has 1 saturated heterocycles. The molecule has 0 aromatic carbocycles. The lowest BCUT2D eigenvalue weighted by molar-refractivity contribution is 0.139. The van der Waals surface area contributed by atoms with Crippen LogP contribution in [0.25, 0.3) is 0 Å². The van der Waals surface area contributed by atoms with E-state index in [4.69, 9.17) is 5.73 Å². The zero-order valence-corrected chi connectivity index (χ0v) is 5.64. The molecule has 1 radical (unpaired) electrons. The molecule has 9 heavy (non-hydrogen) atoms. The van der Waals surface area contributed by atoms with Crippen LogP contribution < -0.4 is 11.1 Å². The summed E-state index contributed by atoms with van der Waals surface area (Å²) in [6.45, 7) is 1.97. The minimum Gasteiger partial charge on any atom is -0.326 e. The molecule has 1 atom stereocenters. The van der Waals surface area contributed by atoms with Crippen LogP contribution in [-0.4, -0.2) is 19.1 Å².